The number of nitrogens with one attached hydrogen (secondary N) is 2. The van der Waals surface area contributed by atoms with Crippen molar-refractivity contribution in [2.24, 2.45) is 0 Å². The third-order valence-corrected chi connectivity index (χ3v) is 3.10. The van der Waals surface area contributed by atoms with Crippen LogP contribution in [0.25, 0.3) is 10.9 Å². The maximum absolute atomic E-state index is 11.7. The summed E-state index contributed by atoms with van der Waals surface area (Å²) in [7, 11) is 0. The van der Waals surface area contributed by atoms with E-state index >= 15 is 0 Å². The Balaban J connectivity index is 1.99. The molecule has 0 saturated heterocycles. The van der Waals surface area contributed by atoms with Crippen LogP contribution in [0.1, 0.15) is 39.2 Å². The predicted molar refractivity (Wildman–Crippen MR) is 81.0 cm³/mol. The van der Waals surface area contributed by atoms with Crippen molar-refractivity contribution in [2.75, 3.05) is 6.54 Å². The monoisotopic (exact) mass is 274 g/mol. The molecule has 1 aromatic heterocycles. The quantitative estimate of drug-likeness (QED) is 0.894. The van der Waals surface area contributed by atoms with E-state index in [4.69, 9.17) is 4.74 Å². The molecule has 1 aromatic carbocycles. The minimum absolute atomic E-state index is 0.221. The van der Waals surface area contributed by atoms with E-state index in [9.17, 15) is 4.79 Å². The average molecular weight is 274 g/mol. The van der Waals surface area contributed by atoms with Crippen molar-refractivity contribution < 1.29 is 9.53 Å². The number of aromatic nitrogens is 1. The number of alkyl carbamates (subject to hydrolysis) is 1. The third-order valence-electron chi connectivity index (χ3n) is 3.10. The minimum atomic E-state index is -0.464. The highest BCUT2D eigenvalue weighted by atomic mass is 16.6. The van der Waals surface area contributed by atoms with Crippen molar-refractivity contribution in [3.05, 3.63) is 36.0 Å². The molecule has 2 rings (SSSR count). The summed E-state index contributed by atoms with van der Waals surface area (Å²) in [5.74, 6) is 0.221. The van der Waals surface area contributed by atoms with Crippen LogP contribution in [0, 0.1) is 0 Å². The molecule has 1 amide bonds. The van der Waals surface area contributed by atoms with Gasteiger partial charge in [0.05, 0.1) is 0 Å². The van der Waals surface area contributed by atoms with E-state index < -0.39 is 5.60 Å². The molecule has 0 aliphatic carbocycles. The van der Waals surface area contributed by atoms with Crippen molar-refractivity contribution in [1.82, 2.24) is 10.3 Å². The molecule has 4 nitrogen and oxygen atoms in total. The van der Waals surface area contributed by atoms with Crippen LogP contribution >= 0.6 is 0 Å². The lowest BCUT2D eigenvalue weighted by Crippen LogP contribution is -2.34. The van der Waals surface area contributed by atoms with Crippen molar-refractivity contribution in [2.45, 2.75) is 39.2 Å². The van der Waals surface area contributed by atoms with Crippen LogP contribution in [0.2, 0.25) is 0 Å². The lowest BCUT2D eigenvalue weighted by molar-refractivity contribution is 0.0525. The molecule has 0 aliphatic rings. The van der Waals surface area contributed by atoms with E-state index in [1.54, 1.807) is 0 Å². The molecular weight excluding hydrogens is 252 g/mol. The maximum atomic E-state index is 11.7. The number of carbonyl (C=O) groups is 1. The normalized spacial score (nSPS) is 13.2. The highest BCUT2D eigenvalue weighted by Gasteiger charge is 2.17. The maximum Gasteiger partial charge on any atom is 0.407 e. The van der Waals surface area contributed by atoms with Crippen LogP contribution in [-0.2, 0) is 4.74 Å². The zero-order chi connectivity index (χ0) is 14.8. The summed E-state index contributed by atoms with van der Waals surface area (Å²) in [6.07, 6.45) is 1.63. The summed E-state index contributed by atoms with van der Waals surface area (Å²) in [6.45, 7) is 8.21. The van der Waals surface area contributed by atoms with Crippen molar-refractivity contribution in [3.8, 4) is 0 Å². The first-order chi connectivity index (χ1) is 9.37. The molecule has 0 aliphatic heterocycles. The Morgan fingerprint density at radius 2 is 2.05 bits per heavy atom. The number of rotatable bonds is 3. The zero-order valence-corrected chi connectivity index (χ0v) is 12.5. The van der Waals surface area contributed by atoms with E-state index in [1.807, 2.05) is 45.2 Å². The second-order valence-corrected chi connectivity index (χ2v) is 6.07. The Hall–Kier alpha value is -1.97. The molecule has 0 bridgehead atoms. The van der Waals surface area contributed by atoms with Gasteiger partial charge in [0, 0.05) is 29.6 Å². The first-order valence-electron chi connectivity index (χ1n) is 6.89. The molecule has 20 heavy (non-hydrogen) atoms. The Morgan fingerprint density at radius 1 is 1.35 bits per heavy atom. The van der Waals surface area contributed by atoms with Gasteiger partial charge in [-0.05, 0) is 32.4 Å². The van der Waals surface area contributed by atoms with Gasteiger partial charge in [-0.3, -0.25) is 0 Å². The number of carbonyl (C=O) groups excluding carboxylic acids is 1. The topological polar surface area (TPSA) is 54.1 Å². The largest absolute Gasteiger partial charge is 0.444 e. The van der Waals surface area contributed by atoms with Crippen LogP contribution in [0.4, 0.5) is 4.79 Å². The number of ether oxygens (including phenoxy) is 1. The van der Waals surface area contributed by atoms with Gasteiger partial charge in [0.2, 0.25) is 0 Å². The summed E-state index contributed by atoms with van der Waals surface area (Å²) >= 11 is 0. The number of hydrogen-bond acceptors (Lipinski definition) is 2. The Kier molecular flexibility index (Phi) is 4.02. The molecule has 1 heterocycles. The molecule has 0 spiro atoms. The SMILES string of the molecule is CC(CNC(=O)OC(C)(C)C)c1c[nH]c2ccccc12. The molecule has 2 aromatic rings. The van der Waals surface area contributed by atoms with Crippen molar-refractivity contribution in [1.29, 1.82) is 0 Å². The van der Waals surface area contributed by atoms with Gasteiger partial charge in [-0.15, -0.1) is 0 Å². The average Bonchev–Trinajstić information content (AvgIpc) is 2.78. The fourth-order valence-corrected chi connectivity index (χ4v) is 2.16. The highest BCUT2D eigenvalue weighted by molar-refractivity contribution is 5.83. The summed E-state index contributed by atoms with van der Waals surface area (Å²) in [5, 5.41) is 4.02. The van der Waals surface area contributed by atoms with E-state index in [-0.39, 0.29) is 12.0 Å². The van der Waals surface area contributed by atoms with Crippen LogP contribution in [0.3, 0.4) is 0 Å². The molecular formula is C16H22N2O2. The number of H-pyrrole nitrogens is 1. The van der Waals surface area contributed by atoms with Crippen molar-refractivity contribution in [3.63, 3.8) is 0 Å². The number of fused-ring (bicyclic) bond motifs is 1. The first kappa shape index (κ1) is 14.4. The third kappa shape index (κ3) is 3.53. The number of para-hydroxylation sites is 1. The van der Waals surface area contributed by atoms with Gasteiger partial charge >= 0.3 is 6.09 Å². The van der Waals surface area contributed by atoms with Crippen molar-refractivity contribution >= 4 is 17.0 Å². The molecule has 4 heteroatoms. The van der Waals surface area contributed by atoms with E-state index in [0.717, 1.165) is 5.52 Å². The summed E-state index contributed by atoms with van der Waals surface area (Å²) < 4.78 is 5.24. The van der Waals surface area contributed by atoms with Gasteiger partial charge in [-0.25, -0.2) is 4.79 Å². The van der Waals surface area contributed by atoms with Gasteiger partial charge in [0.15, 0.2) is 0 Å². The molecule has 0 saturated carbocycles. The van der Waals surface area contributed by atoms with E-state index in [1.165, 1.54) is 10.9 Å². The van der Waals surface area contributed by atoms with Crippen LogP contribution in [0.5, 0.6) is 0 Å². The molecule has 1 atom stereocenters. The smallest absolute Gasteiger partial charge is 0.407 e. The van der Waals surface area contributed by atoms with Gasteiger partial charge < -0.3 is 15.0 Å². The van der Waals surface area contributed by atoms with E-state index in [0.29, 0.717) is 6.54 Å². The molecule has 1 unspecified atom stereocenters. The minimum Gasteiger partial charge on any atom is -0.444 e. The summed E-state index contributed by atoms with van der Waals surface area (Å²) in [4.78, 5) is 14.9. The standard InChI is InChI=1S/C16H22N2O2/c1-11(9-18-15(19)20-16(2,3)4)13-10-17-14-8-6-5-7-12(13)14/h5-8,10-11,17H,9H2,1-4H3,(H,18,19). The Bertz CT molecular complexity index is 596. The number of benzene rings is 1. The Morgan fingerprint density at radius 3 is 2.75 bits per heavy atom. The number of aromatic amines is 1. The lowest BCUT2D eigenvalue weighted by Gasteiger charge is -2.20. The molecule has 0 fully saturated rings. The fourth-order valence-electron chi connectivity index (χ4n) is 2.16. The second-order valence-electron chi connectivity index (χ2n) is 6.07. The van der Waals surface area contributed by atoms with Gasteiger partial charge in [0.25, 0.3) is 0 Å². The fraction of sp³-hybridized carbons (Fsp3) is 0.438. The lowest BCUT2D eigenvalue weighted by atomic mass is 10.0. The number of amides is 1. The summed E-state index contributed by atoms with van der Waals surface area (Å²) in [6, 6.07) is 8.16. The molecule has 108 valence electrons. The number of hydrogen-bond donors (Lipinski definition) is 2. The van der Waals surface area contributed by atoms with Crippen LogP contribution < -0.4 is 5.32 Å². The van der Waals surface area contributed by atoms with Gasteiger partial charge in [-0.1, -0.05) is 25.1 Å². The van der Waals surface area contributed by atoms with Gasteiger partial charge in [0.1, 0.15) is 5.60 Å². The van der Waals surface area contributed by atoms with Crippen LogP contribution in [0.15, 0.2) is 30.5 Å². The van der Waals surface area contributed by atoms with Crippen LogP contribution in [-0.4, -0.2) is 23.2 Å². The Labute approximate surface area is 119 Å². The first-order valence-corrected chi connectivity index (χ1v) is 6.89. The predicted octanol–water partition coefficient (Wildman–Crippen LogP) is 3.80. The van der Waals surface area contributed by atoms with E-state index in [2.05, 4.69) is 23.3 Å². The molecule has 0 radical (unpaired) electrons. The highest BCUT2D eigenvalue weighted by Crippen LogP contribution is 2.24. The second kappa shape index (κ2) is 5.57. The zero-order valence-electron chi connectivity index (χ0n) is 12.5. The molecule has 2 N–H and O–H groups in total. The summed E-state index contributed by atoms with van der Waals surface area (Å²) in [5.41, 5.74) is 1.86. The van der Waals surface area contributed by atoms with Gasteiger partial charge in [-0.2, -0.15) is 0 Å².